The highest BCUT2D eigenvalue weighted by Gasteiger charge is 2.48. The third-order valence-corrected chi connectivity index (χ3v) is 5.88. The molecule has 1 aromatic rings. The van der Waals surface area contributed by atoms with Gasteiger partial charge in [0.25, 0.3) is 0 Å². The highest BCUT2D eigenvalue weighted by atomic mass is 35.5. The van der Waals surface area contributed by atoms with Crippen LogP contribution in [0.5, 0.6) is 5.75 Å². The van der Waals surface area contributed by atoms with Gasteiger partial charge < -0.3 is 15.8 Å². The molecule has 0 spiro atoms. The second kappa shape index (κ2) is 7.32. The Morgan fingerprint density at radius 2 is 1.92 bits per heavy atom. The summed E-state index contributed by atoms with van der Waals surface area (Å²) in [5.41, 5.74) is 7.32. The van der Waals surface area contributed by atoms with Gasteiger partial charge in [-0.25, -0.2) is 0 Å². The number of amides is 1. The third kappa shape index (κ3) is 3.55. The first kappa shape index (κ1) is 17.6. The van der Waals surface area contributed by atoms with Crippen LogP contribution in [0.3, 0.4) is 0 Å². The Morgan fingerprint density at radius 1 is 1.17 bits per heavy atom. The van der Waals surface area contributed by atoms with E-state index in [0.717, 1.165) is 36.7 Å². The van der Waals surface area contributed by atoms with Gasteiger partial charge in [-0.3, -0.25) is 4.79 Å². The SMILES string of the molecule is Cl.NC1C2CCC(C2)C1C(=O)NCc1ccccc1OCC1CC1. The highest BCUT2D eigenvalue weighted by Crippen LogP contribution is 2.47. The minimum Gasteiger partial charge on any atom is -0.493 e. The molecule has 3 fully saturated rings. The lowest BCUT2D eigenvalue weighted by molar-refractivity contribution is -0.127. The predicted octanol–water partition coefficient (Wildman–Crippen LogP) is 2.89. The molecule has 1 aromatic carbocycles. The van der Waals surface area contributed by atoms with Crippen molar-refractivity contribution in [1.82, 2.24) is 5.32 Å². The summed E-state index contributed by atoms with van der Waals surface area (Å²) < 4.78 is 5.91. The van der Waals surface area contributed by atoms with E-state index in [-0.39, 0.29) is 30.3 Å². The van der Waals surface area contributed by atoms with Gasteiger partial charge in [0.15, 0.2) is 0 Å². The van der Waals surface area contributed by atoms with Crippen LogP contribution in [0.2, 0.25) is 0 Å². The van der Waals surface area contributed by atoms with E-state index in [1.54, 1.807) is 0 Å². The lowest BCUT2D eigenvalue weighted by atomic mass is 9.84. The molecule has 3 aliphatic carbocycles. The van der Waals surface area contributed by atoms with Gasteiger partial charge in [-0.2, -0.15) is 0 Å². The maximum Gasteiger partial charge on any atom is 0.225 e. The average Bonchev–Trinajstić information content (AvgIpc) is 3.19. The third-order valence-electron chi connectivity index (χ3n) is 5.88. The second-order valence-corrected chi connectivity index (χ2v) is 7.52. The molecule has 4 rings (SSSR count). The molecule has 4 unspecified atom stereocenters. The van der Waals surface area contributed by atoms with Gasteiger partial charge in [0.1, 0.15) is 5.75 Å². The van der Waals surface area contributed by atoms with E-state index in [9.17, 15) is 4.79 Å². The van der Waals surface area contributed by atoms with Gasteiger partial charge in [-0.15, -0.1) is 12.4 Å². The topological polar surface area (TPSA) is 64.4 Å². The van der Waals surface area contributed by atoms with Crippen molar-refractivity contribution in [3.8, 4) is 5.75 Å². The van der Waals surface area contributed by atoms with Crippen molar-refractivity contribution in [2.24, 2.45) is 29.4 Å². The van der Waals surface area contributed by atoms with Crippen molar-refractivity contribution in [2.75, 3.05) is 6.61 Å². The summed E-state index contributed by atoms with van der Waals surface area (Å²) in [6.07, 6.45) is 6.06. The highest BCUT2D eigenvalue weighted by molar-refractivity contribution is 5.85. The zero-order valence-electron chi connectivity index (χ0n) is 13.9. The van der Waals surface area contributed by atoms with Crippen LogP contribution in [0, 0.1) is 23.7 Å². The summed E-state index contributed by atoms with van der Waals surface area (Å²) in [6.45, 7) is 1.32. The lowest BCUT2D eigenvalue weighted by Crippen LogP contribution is -2.45. The van der Waals surface area contributed by atoms with E-state index in [0.29, 0.717) is 18.4 Å². The number of rotatable bonds is 6. The quantitative estimate of drug-likeness (QED) is 0.829. The number of hydrogen-bond acceptors (Lipinski definition) is 3. The zero-order valence-corrected chi connectivity index (χ0v) is 14.8. The number of carbonyl (C=O) groups is 1. The van der Waals surface area contributed by atoms with Crippen molar-refractivity contribution in [1.29, 1.82) is 0 Å². The van der Waals surface area contributed by atoms with Crippen LogP contribution < -0.4 is 15.8 Å². The molecule has 4 nitrogen and oxygen atoms in total. The maximum absolute atomic E-state index is 12.6. The number of nitrogens with two attached hydrogens (primary N) is 1. The molecule has 0 aromatic heterocycles. The number of fused-ring (bicyclic) bond motifs is 2. The normalized spacial score (nSPS) is 30.7. The van der Waals surface area contributed by atoms with Crippen LogP contribution in [0.1, 0.15) is 37.7 Å². The minimum atomic E-state index is 0. The van der Waals surface area contributed by atoms with E-state index >= 15 is 0 Å². The predicted molar refractivity (Wildman–Crippen MR) is 96.1 cm³/mol. The molecule has 0 aliphatic heterocycles. The monoisotopic (exact) mass is 350 g/mol. The molecule has 0 heterocycles. The maximum atomic E-state index is 12.6. The summed E-state index contributed by atoms with van der Waals surface area (Å²) in [5, 5.41) is 3.10. The molecule has 132 valence electrons. The number of nitrogens with one attached hydrogen (secondary N) is 1. The number of ether oxygens (including phenoxy) is 1. The molecule has 4 atom stereocenters. The standard InChI is InChI=1S/C19H26N2O2.ClH/c20-18-14-8-7-13(9-14)17(18)19(22)21-10-15-3-1-2-4-16(15)23-11-12-5-6-12;/h1-4,12-14,17-18H,5-11,20H2,(H,21,22);1H. The fourth-order valence-corrected chi connectivity index (χ4v) is 4.31. The van der Waals surface area contributed by atoms with E-state index in [4.69, 9.17) is 10.5 Å². The Hall–Kier alpha value is -1.26. The summed E-state index contributed by atoms with van der Waals surface area (Å²) in [7, 11) is 0. The van der Waals surface area contributed by atoms with Crippen LogP contribution >= 0.6 is 12.4 Å². The van der Waals surface area contributed by atoms with Gasteiger partial charge in [-0.05, 0) is 55.9 Å². The molecular weight excluding hydrogens is 324 g/mol. The fourth-order valence-electron chi connectivity index (χ4n) is 4.31. The number of carbonyl (C=O) groups excluding carboxylic acids is 1. The molecule has 0 saturated heterocycles. The molecule has 24 heavy (non-hydrogen) atoms. The minimum absolute atomic E-state index is 0. The summed E-state index contributed by atoms with van der Waals surface area (Å²) >= 11 is 0. The molecule has 3 aliphatic rings. The van der Waals surface area contributed by atoms with E-state index < -0.39 is 0 Å². The molecule has 2 bridgehead atoms. The molecular formula is C19H27ClN2O2. The fraction of sp³-hybridized carbons (Fsp3) is 0.632. The number of halogens is 1. The largest absolute Gasteiger partial charge is 0.493 e. The van der Waals surface area contributed by atoms with Crippen LogP contribution in [0.4, 0.5) is 0 Å². The molecule has 5 heteroatoms. The molecule has 3 saturated carbocycles. The average molecular weight is 351 g/mol. The first-order valence-corrected chi connectivity index (χ1v) is 8.96. The van der Waals surface area contributed by atoms with Crippen molar-refractivity contribution in [3.63, 3.8) is 0 Å². The first-order valence-electron chi connectivity index (χ1n) is 8.96. The van der Waals surface area contributed by atoms with Crippen molar-refractivity contribution in [3.05, 3.63) is 29.8 Å². The number of hydrogen-bond donors (Lipinski definition) is 2. The van der Waals surface area contributed by atoms with Crippen molar-refractivity contribution < 1.29 is 9.53 Å². The summed E-state index contributed by atoms with van der Waals surface area (Å²) in [4.78, 5) is 12.6. The summed E-state index contributed by atoms with van der Waals surface area (Å²) in [5.74, 6) is 2.82. The molecule has 1 amide bonds. The van der Waals surface area contributed by atoms with Gasteiger partial charge in [0.05, 0.1) is 12.5 Å². The van der Waals surface area contributed by atoms with Crippen LogP contribution in [-0.2, 0) is 11.3 Å². The van der Waals surface area contributed by atoms with Gasteiger partial charge in [0, 0.05) is 18.2 Å². The van der Waals surface area contributed by atoms with Gasteiger partial charge in [0.2, 0.25) is 5.91 Å². The van der Waals surface area contributed by atoms with Crippen molar-refractivity contribution >= 4 is 18.3 Å². The number of benzene rings is 1. The Kier molecular flexibility index (Phi) is 5.36. The van der Waals surface area contributed by atoms with Crippen LogP contribution in [0.25, 0.3) is 0 Å². The summed E-state index contributed by atoms with van der Waals surface area (Å²) in [6, 6.07) is 8.06. The van der Waals surface area contributed by atoms with Crippen LogP contribution in [0.15, 0.2) is 24.3 Å². The van der Waals surface area contributed by atoms with Crippen molar-refractivity contribution in [2.45, 2.75) is 44.7 Å². The van der Waals surface area contributed by atoms with E-state index in [1.165, 1.54) is 19.3 Å². The smallest absolute Gasteiger partial charge is 0.225 e. The Balaban J connectivity index is 0.00000169. The van der Waals surface area contributed by atoms with Crippen LogP contribution in [-0.4, -0.2) is 18.6 Å². The molecule has 3 N–H and O–H groups in total. The van der Waals surface area contributed by atoms with Gasteiger partial charge in [-0.1, -0.05) is 18.2 Å². The Labute approximate surface area is 149 Å². The van der Waals surface area contributed by atoms with E-state index in [2.05, 4.69) is 5.32 Å². The van der Waals surface area contributed by atoms with Gasteiger partial charge >= 0.3 is 0 Å². The zero-order chi connectivity index (χ0) is 15.8. The Bertz CT molecular complexity index is 588. The lowest BCUT2D eigenvalue weighted by Gasteiger charge is -2.27. The second-order valence-electron chi connectivity index (χ2n) is 7.52. The Morgan fingerprint density at radius 3 is 2.62 bits per heavy atom. The number of para-hydroxylation sites is 1. The van der Waals surface area contributed by atoms with E-state index in [1.807, 2.05) is 24.3 Å². The first-order chi connectivity index (χ1) is 11.2. The molecule has 0 radical (unpaired) electrons.